The molecule has 8 aromatic carbocycles. The lowest BCUT2D eigenvalue weighted by Gasteiger charge is -2.40. The molecule has 1 aliphatic carbocycles. The molecule has 56 heavy (non-hydrogen) atoms. The summed E-state index contributed by atoms with van der Waals surface area (Å²) in [5, 5.41) is 0. The van der Waals surface area contributed by atoms with Crippen LogP contribution in [-0.2, 0) is 5.41 Å². The molecular formula is C53H34N2O. The molecule has 1 aliphatic heterocycles. The Hall–Kier alpha value is -7.36. The highest BCUT2D eigenvalue weighted by Gasteiger charge is 2.51. The van der Waals surface area contributed by atoms with Gasteiger partial charge in [0.25, 0.3) is 0 Å². The van der Waals surface area contributed by atoms with Crippen LogP contribution < -0.4 is 4.74 Å². The Bertz CT molecular complexity index is 2770. The van der Waals surface area contributed by atoms with Gasteiger partial charge in [-0.25, -0.2) is 9.97 Å². The summed E-state index contributed by atoms with van der Waals surface area (Å²) in [7, 11) is 0. The van der Waals surface area contributed by atoms with E-state index >= 15 is 0 Å². The van der Waals surface area contributed by atoms with Crippen LogP contribution in [-0.4, -0.2) is 9.97 Å². The van der Waals surface area contributed by atoms with Crippen molar-refractivity contribution in [1.29, 1.82) is 0 Å². The van der Waals surface area contributed by atoms with Gasteiger partial charge in [0.1, 0.15) is 11.5 Å². The molecule has 262 valence electrons. The predicted octanol–water partition coefficient (Wildman–Crippen LogP) is 13.3. The molecule has 11 rings (SSSR count). The Morgan fingerprint density at radius 2 is 0.768 bits per heavy atom. The first kappa shape index (κ1) is 32.1. The van der Waals surface area contributed by atoms with Gasteiger partial charge in [-0.05, 0) is 62.7 Å². The number of hydrogen-bond donors (Lipinski definition) is 0. The van der Waals surface area contributed by atoms with E-state index in [0.29, 0.717) is 5.82 Å². The van der Waals surface area contributed by atoms with Crippen molar-refractivity contribution in [2.45, 2.75) is 5.41 Å². The van der Waals surface area contributed by atoms with Crippen LogP contribution in [0.5, 0.6) is 11.5 Å². The van der Waals surface area contributed by atoms with E-state index in [1.807, 2.05) is 12.1 Å². The SMILES string of the molecule is c1ccc(-c2ccc(-c3cc(-c4cccc5c4Oc4ccccc4C54c5ccccc5-c5ccccc54)nc(-c4ccc(-c5ccccc5)cc4)n3)cc2)cc1. The van der Waals surface area contributed by atoms with Crippen LogP contribution in [0, 0.1) is 0 Å². The number of hydrogen-bond acceptors (Lipinski definition) is 3. The molecule has 1 spiro atoms. The van der Waals surface area contributed by atoms with Crippen molar-refractivity contribution in [3.63, 3.8) is 0 Å². The summed E-state index contributed by atoms with van der Waals surface area (Å²) in [6, 6.07) is 72.9. The zero-order valence-corrected chi connectivity index (χ0v) is 30.4. The van der Waals surface area contributed by atoms with E-state index in [0.717, 1.165) is 61.8 Å². The van der Waals surface area contributed by atoms with Gasteiger partial charge in [0.2, 0.25) is 0 Å². The molecule has 3 heteroatoms. The van der Waals surface area contributed by atoms with Crippen molar-refractivity contribution >= 4 is 0 Å². The topological polar surface area (TPSA) is 35.0 Å². The van der Waals surface area contributed by atoms with Crippen molar-refractivity contribution in [3.05, 3.63) is 229 Å². The largest absolute Gasteiger partial charge is 0.456 e. The van der Waals surface area contributed by atoms with Gasteiger partial charge in [-0.1, -0.05) is 188 Å². The highest BCUT2D eigenvalue weighted by molar-refractivity contribution is 5.90. The van der Waals surface area contributed by atoms with Crippen molar-refractivity contribution in [2.24, 2.45) is 0 Å². The Morgan fingerprint density at radius 1 is 0.321 bits per heavy atom. The molecule has 0 amide bonds. The molecule has 0 N–H and O–H groups in total. The van der Waals surface area contributed by atoms with E-state index in [1.54, 1.807) is 0 Å². The summed E-state index contributed by atoms with van der Waals surface area (Å²) in [4.78, 5) is 10.6. The monoisotopic (exact) mass is 714 g/mol. The number of nitrogens with zero attached hydrogens (tertiary/aromatic N) is 2. The molecule has 0 bridgehead atoms. The summed E-state index contributed by atoms with van der Waals surface area (Å²) in [6.07, 6.45) is 0. The van der Waals surface area contributed by atoms with E-state index in [9.17, 15) is 0 Å². The Balaban J connectivity index is 1.12. The first-order valence-electron chi connectivity index (χ1n) is 19.1. The van der Waals surface area contributed by atoms with Crippen molar-refractivity contribution in [3.8, 4) is 78.8 Å². The van der Waals surface area contributed by atoms with Crippen molar-refractivity contribution < 1.29 is 4.74 Å². The molecule has 1 aromatic heterocycles. The van der Waals surface area contributed by atoms with Gasteiger partial charge < -0.3 is 4.74 Å². The lowest BCUT2D eigenvalue weighted by Crippen LogP contribution is -2.32. The maximum atomic E-state index is 7.04. The van der Waals surface area contributed by atoms with E-state index in [2.05, 4.69) is 194 Å². The van der Waals surface area contributed by atoms with Gasteiger partial charge in [-0.3, -0.25) is 0 Å². The first-order chi connectivity index (χ1) is 27.8. The zero-order chi connectivity index (χ0) is 37.1. The highest BCUT2D eigenvalue weighted by atomic mass is 16.5. The number of rotatable bonds is 5. The summed E-state index contributed by atoms with van der Waals surface area (Å²) < 4.78 is 7.04. The molecule has 2 heterocycles. The smallest absolute Gasteiger partial charge is 0.160 e. The number of para-hydroxylation sites is 2. The van der Waals surface area contributed by atoms with Crippen LogP contribution in [0.2, 0.25) is 0 Å². The summed E-state index contributed by atoms with van der Waals surface area (Å²) in [5.41, 5.74) is 15.9. The quantitative estimate of drug-likeness (QED) is 0.178. The van der Waals surface area contributed by atoms with Crippen LogP contribution >= 0.6 is 0 Å². The second-order valence-corrected chi connectivity index (χ2v) is 14.5. The number of aromatic nitrogens is 2. The second kappa shape index (κ2) is 12.9. The van der Waals surface area contributed by atoms with Gasteiger partial charge in [-0.2, -0.15) is 0 Å². The lowest BCUT2D eigenvalue weighted by molar-refractivity contribution is 0.438. The molecule has 9 aromatic rings. The normalized spacial score (nSPS) is 12.9. The average Bonchev–Trinajstić information content (AvgIpc) is 3.57. The van der Waals surface area contributed by atoms with Crippen LogP contribution in [0.15, 0.2) is 206 Å². The molecule has 0 atom stereocenters. The van der Waals surface area contributed by atoms with Crippen LogP contribution in [0.3, 0.4) is 0 Å². The van der Waals surface area contributed by atoms with Gasteiger partial charge in [0.05, 0.1) is 16.8 Å². The second-order valence-electron chi connectivity index (χ2n) is 14.5. The predicted molar refractivity (Wildman–Crippen MR) is 227 cm³/mol. The van der Waals surface area contributed by atoms with Gasteiger partial charge >= 0.3 is 0 Å². The minimum absolute atomic E-state index is 0.563. The molecule has 0 unspecified atom stereocenters. The zero-order valence-electron chi connectivity index (χ0n) is 30.4. The maximum absolute atomic E-state index is 7.04. The summed E-state index contributed by atoms with van der Waals surface area (Å²) >= 11 is 0. The minimum Gasteiger partial charge on any atom is -0.456 e. The van der Waals surface area contributed by atoms with Crippen LogP contribution in [0.4, 0.5) is 0 Å². The van der Waals surface area contributed by atoms with Gasteiger partial charge in [0, 0.05) is 27.8 Å². The van der Waals surface area contributed by atoms with E-state index in [4.69, 9.17) is 14.7 Å². The minimum atomic E-state index is -0.563. The first-order valence-corrected chi connectivity index (χ1v) is 19.1. The average molecular weight is 715 g/mol. The maximum Gasteiger partial charge on any atom is 0.160 e. The third-order valence-corrected chi connectivity index (χ3v) is 11.4. The summed E-state index contributed by atoms with van der Waals surface area (Å²) in [6.45, 7) is 0. The van der Waals surface area contributed by atoms with Crippen molar-refractivity contribution in [1.82, 2.24) is 9.97 Å². The van der Waals surface area contributed by atoms with E-state index in [1.165, 1.54) is 33.4 Å². The standard InChI is InChI=1S/C53H34N2O/c1-3-14-35(15-4-1)37-26-30-39(31-27-37)48-34-49(55-52(54-48)40-32-28-38(29-33-40)36-16-5-2-6-17-36)43-20-13-24-47-51(43)56-50-25-12-11-23-46(50)53(47)44-21-9-7-18-41(44)42-19-8-10-22-45(42)53/h1-34H. The fraction of sp³-hybridized carbons (Fsp3) is 0.0189. The highest BCUT2D eigenvalue weighted by Crippen LogP contribution is 2.63. The molecule has 2 aliphatic rings. The van der Waals surface area contributed by atoms with Crippen LogP contribution in [0.25, 0.3) is 67.3 Å². The number of ether oxygens (including phenoxy) is 1. The van der Waals surface area contributed by atoms with E-state index in [-0.39, 0.29) is 0 Å². The summed E-state index contributed by atoms with van der Waals surface area (Å²) in [5.74, 6) is 2.32. The molecule has 0 radical (unpaired) electrons. The fourth-order valence-corrected chi connectivity index (χ4v) is 8.85. The molecule has 0 saturated heterocycles. The van der Waals surface area contributed by atoms with Crippen molar-refractivity contribution in [2.75, 3.05) is 0 Å². The molecule has 0 fully saturated rings. The third-order valence-electron chi connectivity index (χ3n) is 11.4. The van der Waals surface area contributed by atoms with E-state index < -0.39 is 5.41 Å². The van der Waals surface area contributed by atoms with Gasteiger partial charge in [0.15, 0.2) is 5.82 Å². The Labute approximate surface area is 326 Å². The number of fused-ring (bicyclic) bond motifs is 9. The van der Waals surface area contributed by atoms with Gasteiger partial charge in [-0.15, -0.1) is 0 Å². The Morgan fingerprint density at radius 3 is 1.39 bits per heavy atom. The van der Waals surface area contributed by atoms with Crippen LogP contribution in [0.1, 0.15) is 22.3 Å². The number of benzene rings is 8. The molecule has 0 saturated carbocycles. The Kier molecular flexibility index (Phi) is 7.39. The molecular weight excluding hydrogens is 681 g/mol. The lowest BCUT2D eigenvalue weighted by atomic mass is 9.65. The fourth-order valence-electron chi connectivity index (χ4n) is 8.85. The molecule has 3 nitrogen and oxygen atoms in total. The third kappa shape index (κ3) is 4.98.